The zero-order valence-electron chi connectivity index (χ0n) is 19.6. The third kappa shape index (κ3) is 5.08. The second kappa shape index (κ2) is 10.3. The molecule has 35 heavy (non-hydrogen) atoms. The highest BCUT2D eigenvalue weighted by Crippen LogP contribution is 2.23. The monoisotopic (exact) mass is 495 g/mol. The molecular weight excluding hydrogens is 466 g/mol. The molecule has 0 aliphatic carbocycles. The molecule has 3 aromatic rings. The van der Waals surface area contributed by atoms with Gasteiger partial charge in [0.2, 0.25) is 10.0 Å². The van der Waals surface area contributed by atoms with Gasteiger partial charge >= 0.3 is 0 Å². The second-order valence-corrected chi connectivity index (χ2v) is 10.5. The van der Waals surface area contributed by atoms with E-state index < -0.39 is 10.0 Å². The Bertz CT molecular complexity index is 1350. The van der Waals surface area contributed by atoms with Crippen LogP contribution in [0.4, 0.5) is 5.82 Å². The second-order valence-electron chi connectivity index (χ2n) is 8.56. The van der Waals surface area contributed by atoms with Crippen LogP contribution in [0.1, 0.15) is 47.4 Å². The SMILES string of the molecule is Cn1cc(S(=O)(=O)N2CCCCC2)cc1C(=O)NCCCc1nn(-c2ccccc2)c(N)c1C#N. The van der Waals surface area contributed by atoms with Gasteiger partial charge in [-0.3, -0.25) is 4.79 Å². The standard InChI is InChI=1S/C24H29N7O3S/c1-29-17-19(35(33,34)30-13-6-3-7-14-30)15-22(29)24(32)27-12-8-11-21-20(16-25)23(26)31(28-21)18-9-4-2-5-10-18/h2,4-5,9-10,15,17H,3,6-8,11-14,26H2,1H3,(H,27,32). The molecule has 3 N–H and O–H groups in total. The van der Waals surface area contributed by atoms with Gasteiger partial charge in [-0.25, -0.2) is 13.1 Å². The van der Waals surface area contributed by atoms with Crippen LogP contribution in [0.5, 0.6) is 0 Å². The average Bonchev–Trinajstić information content (AvgIpc) is 3.42. The van der Waals surface area contributed by atoms with Gasteiger partial charge in [-0.05, 0) is 43.9 Å². The summed E-state index contributed by atoms with van der Waals surface area (Å²) in [6, 6.07) is 12.9. The number of hydrogen-bond acceptors (Lipinski definition) is 6. The van der Waals surface area contributed by atoms with E-state index >= 15 is 0 Å². The third-order valence-electron chi connectivity index (χ3n) is 6.15. The van der Waals surface area contributed by atoms with Crippen LogP contribution in [0.15, 0.2) is 47.5 Å². The van der Waals surface area contributed by atoms with Gasteiger partial charge in [-0.15, -0.1) is 0 Å². The highest BCUT2D eigenvalue weighted by atomic mass is 32.2. The Morgan fingerprint density at radius 3 is 2.60 bits per heavy atom. The molecule has 11 heteroatoms. The number of nitrogens with one attached hydrogen (secondary N) is 1. The molecule has 1 fully saturated rings. The van der Waals surface area contributed by atoms with Crippen molar-refractivity contribution in [2.24, 2.45) is 7.05 Å². The quantitative estimate of drug-likeness (QED) is 0.459. The van der Waals surface area contributed by atoms with Gasteiger partial charge in [-0.2, -0.15) is 14.7 Å². The molecule has 0 unspecified atom stereocenters. The molecule has 1 aliphatic heterocycles. The number of piperidine rings is 1. The molecule has 0 saturated carbocycles. The van der Waals surface area contributed by atoms with E-state index in [1.807, 2.05) is 30.3 Å². The van der Waals surface area contributed by atoms with Gasteiger partial charge in [0.25, 0.3) is 5.91 Å². The maximum atomic E-state index is 12.9. The highest BCUT2D eigenvalue weighted by molar-refractivity contribution is 7.89. The molecule has 1 aliphatic rings. The summed E-state index contributed by atoms with van der Waals surface area (Å²) in [6.45, 7) is 1.35. The van der Waals surface area contributed by atoms with Crippen LogP contribution in [-0.4, -0.2) is 52.6 Å². The number of aryl methyl sites for hydroxylation is 2. The lowest BCUT2D eigenvalue weighted by atomic mass is 10.1. The number of benzene rings is 1. The molecule has 10 nitrogen and oxygen atoms in total. The van der Waals surface area contributed by atoms with E-state index in [1.54, 1.807) is 11.7 Å². The first-order valence-corrected chi connectivity index (χ1v) is 13.0. The Labute approximate surface area is 205 Å². The van der Waals surface area contributed by atoms with Crippen LogP contribution < -0.4 is 11.1 Å². The number of nitrogen functional groups attached to an aromatic ring is 1. The number of carbonyl (C=O) groups excluding carboxylic acids is 1. The largest absolute Gasteiger partial charge is 0.382 e. The number of sulfonamides is 1. The van der Waals surface area contributed by atoms with Crippen LogP contribution in [-0.2, 0) is 23.5 Å². The van der Waals surface area contributed by atoms with Crippen molar-refractivity contribution in [2.45, 2.75) is 37.0 Å². The summed E-state index contributed by atoms with van der Waals surface area (Å²) in [6.07, 6.45) is 5.20. The molecule has 0 bridgehead atoms. The Hall–Kier alpha value is -3.62. The van der Waals surface area contributed by atoms with Gasteiger partial charge in [0, 0.05) is 32.9 Å². The first-order valence-electron chi connectivity index (χ1n) is 11.6. The first-order chi connectivity index (χ1) is 16.8. The summed E-state index contributed by atoms with van der Waals surface area (Å²) in [4.78, 5) is 12.9. The van der Waals surface area contributed by atoms with Crippen molar-refractivity contribution < 1.29 is 13.2 Å². The summed E-state index contributed by atoms with van der Waals surface area (Å²) in [5.74, 6) is -0.0774. The third-order valence-corrected chi connectivity index (χ3v) is 8.01. The van der Waals surface area contributed by atoms with Crippen molar-refractivity contribution >= 4 is 21.7 Å². The van der Waals surface area contributed by atoms with Crippen molar-refractivity contribution in [3.63, 3.8) is 0 Å². The molecule has 0 spiro atoms. The lowest BCUT2D eigenvalue weighted by molar-refractivity contribution is 0.0945. The Kier molecular flexibility index (Phi) is 7.23. The molecule has 1 aromatic carbocycles. The minimum Gasteiger partial charge on any atom is -0.382 e. The van der Waals surface area contributed by atoms with Gasteiger partial charge in [0.05, 0.1) is 11.4 Å². The zero-order valence-corrected chi connectivity index (χ0v) is 20.5. The van der Waals surface area contributed by atoms with Gasteiger partial charge < -0.3 is 15.6 Å². The molecule has 184 valence electrons. The first kappa shape index (κ1) is 24.5. The van der Waals surface area contributed by atoms with Crippen LogP contribution in [0, 0.1) is 11.3 Å². The van der Waals surface area contributed by atoms with Gasteiger partial charge in [0.1, 0.15) is 28.0 Å². The van der Waals surface area contributed by atoms with E-state index in [9.17, 15) is 18.5 Å². The summed E-state index contributed by atoms with van der Waals surface area (Å²) < 4.78 is 30.4. The number of nitrogens with two attached hydrogens (primary N) is 1. The van der Waals surface area contributed by atoms with Crippen molar-refractivity contribution in [2.75, 3.05) is 25.4 Å². The molecule has 4 rings (SSSR count). The smallest absolute Gasteiger partial charge is 0.267 e. The van der Waals surface area contributed by atoms with Crippen LogP contribution in [0.25, 0.3) is 5.69 Å². The summed E-state index contributed by atoms with van der Waals surface area (Å²) >= 11 is 0. The predicted octanol–water partition coefficient (Wildman–Crippen LogP) is 2.20. The molecule has 0 atom stereocenters. The van der Waals surface area contributed by atoms with E-state index in [0.717, 1.165) is 24.9 Å². The number of hydrogen-bond donors (Lipinski definition) is 2. The fourth-order valence-corrected chi connectivity index (χ4v) is 5.83. The average molecular weight is 496 g/mol. The van der Waals surface area contributed by atoms with Crippen molar-refractivity contribution in [3.05, 3.63) is 59.5 Å². The number of para-hydroxylation sites is 1. The zero-order chi connectivity index (χ0) is 25.0. The van der Waals surface area contributed by atoms with Crippen molar-refractivity contribution in [3.8, 4) is 11.8 Å². The number of rotatable bonds is 8. The highest BCUT2D eigenvalue weighted by Gasteiger charge is 2.28. The summed E-state index contributed by atoms with van der Waals surface area (Å²) in [5, 5.41) is 16.9. The Morgan fingerprint density at radius 1 is 1.20 bits per heavy atom. The minimum atomic E-state index is -3.61. The van der Waals surface area contributed by atoms with E-state index in [-0.39, 0.29) is 22.3 Å². The molecule has 0 radical (unpaired) electrons. The van der Waals surface area contributed by atoms with E-state index in [0.29, 0.717) is 43.7 Å². The van der Waals surface area contributed by atoms with Crippen LogP contribution in [0.3, 0.4) is 0 Å². The fourth-order valence-electron chi connectivity index (χ4n) is 4.24. The fraction of sp³-hybridized carbons (Fsp3) is 0.375. The van der Waals surface area contributed by atoms with Gasteiger partial charge in [-0.1, -0.05) is 24.6 Å². The van der Waals surface area contributed by atoms with Gasteiger partial charge in [0.15, 0.2) is 0 Å². The lowest BCUT2D eigenvalue weighted by Gasteiger charge is -2.25. The lowest BCUT2D eigenvalue weighted by Crippen LogP contribution is -2.35. The summed E-state index contributed by atoms with van der Waals surface area (Å²) in [7, 11) is -1.96. The van der Waals surface area contributed by atoms with Crippen LogP contribution in [0.2, 0.25) is 0 Å². The summed E-state index contributed by atoms with van der Waals surface area (Å²) in [5.41, 5.74) is 8.07. The number of anilines is 1. The predicted molar refractivity (Wildman–Crippen MR) is 131 cm³/mol. The van der Waals surface area contributed by atoms with E-state index in [1.165, 1.54) is 21.1 Å². The number of aromatic nitrogens is 3. The maximum absolute atomic E-state index is 12.9. The molecule has 2 aromatic heterocycles. The van der Waals surface area contributed by atoms with E-state index in [4.69, 9.17) is 5.73 Å². The molecule has 1 amide bonds. The maximum Gasteiger partial charge on any atom is 0.267 e. The van der Waals surface area contributed by atoms with E-state index in [2.05, 4.69) is 16.5 Å². The molecular formula is C24H29N7O3S. The van der Waals surface area contributed by atoms with Crippen LogP contribution >= 0.6 is 0 Å². The van der Waals surface area contributed by atoms with Crippen molar-refractivity contribution in [1.82, 2.24) is 24.0 Å². The van der Waals surface area contributed by atoms with Crippen molar-refractivity contribution in [1.29, 1.82) is 5.26 Å². The topological polar surface area (TPSA) is 139 Å². The number of nitriles is 1. The number of amides is 1. The Morgan fingerprint density at radius 2 is 1.91 bits per heavy atom. The minimum absolute atomic E-state index is 0.132. The molecule has 1 saturated heterocycles. The Balaban J connectivity index is 1.38. The normalized spacial score (nSPS) is 14.5. The number of nitrogens with zero attached hydrogens (tertiary/aromatic N) is 5. The number of carbonyl (C=O) groups is 1. The molecule has 3 heterocycles.